The Morgan fingerprint density at radius 1 is 0.897 bits per heavy atom. The third kappa shape index (κ3) is 10.5. The molecule has 214 valence electrons. The molecule has 0 aromatic heterocycles. The number of alkyl halides is 9. The number of allylic oxidation sites excluding steroid dienone is 1. The van der Waals surface area contributed by atoms with Crippen LogP contribution in [-0.2, 0) is 4.79 Å². The van der Waals surface area contributed by atoms with Gasteiger partial charge in [-0.15, -0.1) is 13.2 Å². The van der Waals surface area contributed by atoms with Crippen LogP contribution in [0, 0.1) is 0 Å². The van der Waals surface area contributed by atoms with E-state index in [2.05, 4.69) is 4.74 Å². The van der Waals surface area contributed by atoms with Gasteiger partial charge in [-0.2, -0.15) is 26.3 Å². The lowest BCUT2D eigenvalue weighted by Gasteiger charge is -2.18. The first-order chi connectivity index (χ1) is 17.8. The van der Waals surface area contributed by atoms with E-state index in [4.69, 9.17) is 34.8 Å². The molecule has 0 aliphatic rings. The second kappa shape index (κ2) is 12.7. The smallest absolute Gasteiger partial charge is 0.405 e. The molecule has 16 heteroatoms. The van der Waals surface area contributed by atoms with Crippen molar-refractivity contribution in [2.45, 2.75) is 37.5 Å². The summed E-state index contributed by atoms with van der Waals surface area (Å²) in [5.41, 5.74) is -1.36. The van der Waals surface area contributed by atoms with Gasteiger partial charge in [0, 0.05) is 12.8 Å². The highest BCUT2D eigenvalue weighted by atomic mass is 35.5. The Bertz CT molecular complexity index is 1220. The normalized spacial score (nSPS) is 13.4. The summed E-state index contributed by atoms with van der Waals surface area (Å²) in [5, 5.41) is 0.788. The number of carbonyl (C=O) groups excluding carboxylic acids is 2. The third-order valence-corrected chi connectivity index (χ3v) is 5.99. The number of carbonyl (C=O) groups is 2. The average molecular weight is 631 g/mol. The van der Waals surface area contributed by atoms with Gasteiger partial charge in [-0.3, -0.25) is 9.59 Å². The predicted octanol–water partition coefficient (Wildman–Crippen LogP) is 8.55. The van der Waals surface area contributed by atoms with Gasteiger partial charge >= 0.3 is 18.7 Å². The number of benzene rings is 2. The molecule has 0 radical (unpaired) electrons. The van der Waals surface area contributed by atoms with Gasteiger partial charge in [-0.1, -0.05) is 53.0 Å². The lowest BCUT2D eigenvalue weighted by molar-refractivity contribution is -0.274. The zero-order valence-electron chi connectivity index (χ0n) is 19.0. The summed E-state index contributed by atoms with van der Waals surface area (Å²) in [7, 11) is 0. The Labute approximate surface area is 229 Å². The minimum absolute atomic E-state index is 0.181. The van der Waals surface area contributed by atoms with Crippen LogP contribution >= 0.6 is 34.8 Å². The maximum atomic E-state index is 13.7. The lowest BCUT2D eigenvalue weighted by atomic mass is 9.96. The van der Waals surface area contributed by atoms with Crippen LogP contribution in [0.25, 0.3) is 6.08 Å². The van der Waals surface area contributed by atoms with E-state index in [0.29, 0.717) is 12.1 Å². The molecule has 0 saturated carbocycles. The molecule has 0 spiro atoms. The van der Waals surface area contributed by atoms with Crippen LogP contribution in [0.5, 0.6) is 5.75 Å². The maximum Gasteiger partial charge on any atom is 0.573 e. The molecule has 0 bridgehead atoms. The van der Waals surface area contributed by atoms with Gasteiger partial charge in [0.05, 0.1) is 26.5 Å². The number of hydrogen-bond acceptors (Lipinski definition) is 3. The number of nitrogens with one attached hydrogen (secondary N) is 1. The molecule has 1 amide bonds. The highest BCUT2D eigenvalue weighted by Crippen LogP contribution is 2.41. The van der Waals surface area contributed by atoms with Crippen LogP contribution in [0.3, 0.4) is 0 Å². The summed E-state index contributed by atoms with van der Waals surface area (Å²) in [5.74, 6) is -5.68. The van der Waals surface area contributed by atoms with Gasteiger partial charge in [0.2, 0.25) is 5.91 Å². The molecule has 0 aliphatic carbocycles. The quantitative estimate of drug-likeness (QED) is 0.172. The number of halogens is 12. The molecule has 2 aromatic rings. The molecule has 0 saturated heterocycles. The fraction of sp³-hybridized carbons (Fsp3) is 0.304. The molecular formula is C23H15Cl3F9NO3. The van der Waals surface area contributed by atoms with Gasteiger partial charge in [-0.25, -0.2) is 0 Å². The van der Waals surface area contributed by atoms with Crippen LogP contribution in [0.15, 0.2) is 36.4 Å². The summed E-state index contributed by atoms with van der Waals surface area (Å²) in [4.78, 5) is 23.9. The van der Waals surface area contributed by atoms with Crippen molar-refractivity contribution >= 4 is 52.6 Å². The number of hydrogen-bond donors (Lipinski definition) is 1. The molecule has 39 heavy (non-hydrogen) atoms. The van der Waals surface area contributed by atoms with Crippen LogP contribution in [0.4, 0.5) is 39.5 Å². The number of ketones is 1. The third-order valence-electron chi connectivity index (χ3n) is 4.80. The number of amides is 1. The Hall–Kier alpha value is -2.64. The van der Waals surface area contributed by atoms with Crippen molar-refractivity contribution in [1.82, 2.24) is 5.32 Å². The molecule has 2 rings (SSSR count). The molecule has 2 aromatic carbocycles. The van der Waals surface area contributed by atoms with E-state index < -0.39 is 72.6 Å². The van der Waals surface area contributed by atoms with Crippen molar-refractivity contribution in [1.29, 1.82) is 0 Å². The summed E-state index contributed by atoms with van der Waals surface area (Å²) < 4.78 is 120. The fourth-order valence-electron chi connectivity index (χ4n) is 3.10. The molecule has 1 atom stereocenters. The standard InChI is InChI=1S/C23H15Cl3F9NO3/c24-15-8-12(9-16(25)20(15)26)14(22(30,31)32)4-2-11-1-3-13(18(7-11)39-23(33,34)35)17(37)5-6-19(38)36-10-21(27,28)29/h1-4,7-9,14H,5-6,10H2,(H,36,38)/b4-2+. The number of ether oxygens (including phenoxy) is 1. The van der Waals surface area contributed by atoms with Crippen molar-refractivity contribution in [3.63, 3.8) is 0 Å². The van der Waals surface area contributed by atoms with Crippen LogP contribution in [0.1, 0.15) is 40.2 Å². The first kappa shape index (κ1) is 32.6. The van der Waals surface area contributed by atoms with Gasteiger partial charge in [0.1, 0.15) is 12.3 Å². The Kier molecular flexibility index (Phi) is 10.6. The van der Waals surface area contributed by atoms with E-state index in [1.807, 2.05) is 0 Å². The van der Waals surface area contributed by atoms with Gasteiger partial charge in [0.25, 0.3) is 0 Å². The molecule has 1 unspecified atom stereocenters. The van der Waals surface area contributed by atoms with Gasteiger partial charge in [-0.05, 0) is 35.4 Å². The predicted molar refractivity (Wildman–Crippen MR) is 125 cm³/mol. The van der Waals surface area contributed by atoms with Crippen LogP contribution < -0.4 is 10.1 Å². The lowest BCUT2D eigenvalue weighted by Crippen LogP contribution is -2.33. The minimum atomic E-state index is -5.31. The minimum Gasteiger partial charge on any atom is -0.405 e. The molecule has 0 heterocycles. The average Bonchev–Trinajstić information content (AvgIpc) is 2.77. The Balaban J connectivity index is 2.34. The molecule has 1 N–H and O–H groups in total. The van der Waals surface area contributed by atoms with E-state index in [-0.39, 0.29) is 20.6 Å². The Morgan fingerprint density at radius 2 is 1.49 bits per heavy atom. The van der Waals surface area contributed by atoms with Gasteiger partial charge in [0.15, 0.2) is 5.78 Å². The molecule has 0 fully saturated rings. The topological polar surface area (TPSA) is 55.4 Å². The molecule has 0 aliphatic heterocycles. The van der Waals surface area contributed by atoms with Crippen molar-refractivity contribution in [3.05, 3.63) is 68.2 Å². The van der Waals surface area contributed by atoms with Crippen molar-refractivity contribution in [2.75, 3.05) is 6.54 Å². The van der Waals surface area contributed by atoms with Crippen molar-refractivity contribution in [2.24, 2.45) is 0 Å². The second-order valence-corrected chi connectivity index (χ2v) is 8.99. The summed E-state index contributed by atoms with van der Waals surface area (Å²) >= 11 is 17.4. The highest BCUT2D eigenvalue weighted by molar-refractivity contribution is 6.48. The van der Waals surface area contributed by atoms with E-state index >= 15 is 0 Å². The SMILES string of the molecule is O=C(CCC(=O)c1ccc(/C=C/C(c2cc(Cl)c(Cl)c(Cl)c2)C(F)(F)F)cc1OC(F)(F)F)NCC(F)(F)F. The monoisotopic (exact) mass is 629 g/mol. The molecule has 4 nitrogen and oxygen atoms in total. The van der Waals surface area contributed by atoms with E-state index in [1.54, 1.807) is 0 Å². The summed E-state index contributed by atoms with van der Waals surface area (Å²) in [6.45, 7) is -1.67. The molecular weight excluding hydrogens is 616 g/mol. The fourth-order valence-corrected chi connectivity index (χ4v) is 3.72. The van der Waals surface area contributed by atoms with Crippen molar-refractivity contribution in [3.8, 4) is 5.75 Å². The second-order valence-electron chi connectivity index (χ2n) is 7.80. The van der Waals surface area contributed by atoms with E-state index in [9.17, 15) is 49.1 Å². The maximum absolute atomic E-state index is 13.7. The van der Waals surface area contributed by atoms with Crippen LogP contribution in [-0.4, -0.2) is 37.0 Å². The number of rotatable bonds is 9. The first-order valence-corrected chi connectivity index (χ1v) is 11.6. The van der Waals surface area contributed by atoms with Crippen LogP contribution in [0.2, 0.25) is 15.1 Å². The zero-order chi connectivity index (χ0) is 29.8. The van der Waals surface area contributed by atoms with E-state index in [0.717, 1.165) is 30.3 Å². The van der Waals surface area contributed by atoms with Gasteiger partial charge < -0.3 is 10.1 Å². The van der Waals surface area contributed by atoms with E-state index in [1.165, 1.54) is 5.32 Å². The number of Topliss-reactive ketones (excluding diaryl/α,β-unsaturated/α-hetero) is 1. The zero-order valence-corrected chi connectivity index (χ0v) is 21.3. The first-order valence-electron chi connectivity index (χ1n) is 10.4. The largest absolute Gasteiger partial charge is 0.573 e. The summed E-state index contributed by atoms with van der Waals surface area (Å²) in [6.07, 6.45) is -15.0. The summed E-state index contributed by atoms with van der Waals surface area (Å²) in [6, 6.07) is 4.30. The highest BCUT2D eigenvalue weighted by Gasteiger charge is 2.39. The van der Waals surface area contributed by atoms with Crippen molar-refractivity contribution < 1.29 is 53.8 Å². The Morgan fingerprint density at radius 3 is 2.00 bits per heavy atom.